The maximum Gasteiger partial charge on any atom is 0.344 e. The Morgan fingerprint density at radius 1 is 1.35 bits per heavy atom. The fraction of sp³-hybridized carbons (Fsp3) is 0.500. The lowest BCUT2D eigenvalue weighted by atomic mass is 10.1. The van der Waals surface area contributed by atoms with Crippen LogP contribution in [0.5, 0.6) is 17.2 Å². The molecule has 1 aromatic carbocycles. The average Bonchev–Trinajstić information content (AvgIpc) is 2.82. The van der Waals surface area contributed by atoms with E-state index in [2.05, 4.69) is 5.32 Å². The number of hydrogen-bond acceptors (Lipinski definition) is 5. The Bertz CT molecular complexity index is 501. The predicted octanol–water partition coefficient (Wildman–Crippen LogP) is 1.77. The van der Waals surface area contributed by atoms with E-state index in [4.69, 9.17) is 19.3 Å². The van der Waals surface area contributed by atoms with Gasteiger partial charge in [0.15, 0.2) is 17.6 Å². The van der Waals surface area contributed by atoms with Crippen molar-refractivity contribution in [2.75, 3.05) is 6.79 Å². The molecule has 0 saturated heterocycles. The van der Waals surface area contributed by atoms with Crippen LogP contribution in [0.2, 0.25) is 0 Å². The molecule has 110 valence electrons. The SMILES string of the molecule is CC(C)NCc1cc2c(cc1OC(C)C(=O)O)OCO2. The molecule has 1 heterocycles. The van der Waals surface area contributed by atoms with Gasteiger partial charge < -0.3 is 24.6 Å². The highest BCUT2D eigenvalue weighted by Crippen LogP contribution is 2.38. The lowest BCUT2D eigenvalue weighted by Crippen LogP contribution is -2.25. The summed E-state index contributed by atoms with van der Waals surface area (Å²) in [5, 5.41) is 12.2. The van der Waals surface area contributed by atoms with Gasteiger partial charge in [0.1, 0.15) is 5.75 Å². The van der Waals surface area contributed by atoms with Crippen LogP contribution in [0, 0.1) is 0 Å². The summed E-state index contributed by atoms with van der Waals surface area (Å²) in [6.45, 7) is 6.30. The van der Waals surface area contributed by atoms with Crippen molar-refractivity contribution in [1.82, 2.24) is 5.32 Å². The second-order valence-corrected chi connectivity index (χ2v) is 4.95. The number of carboxylic acids is 1. The van der Waals surface area contributed by atoms with E-state index in [9.17, 15) is 4.79 Å². The minimum Gasteiger partial charge on any atom is -0.479 e. The molecule has 0 bridgehead atoms. The van der Waals surface area contributed by atoms with Gasteiger partial charge in [0.05, 0.1) is 0 Å². The van der Waals surface area contributed by atoms with Crippen LogP contribution in [0.1, 0.15) is 26.3 Å². The third kappa shape index (κ3) is 3.33. The second kappa shape index (κ2) is 6.00. The zero-order chi connectivity index (χ0) is 14.7. The van der Waals surface area contributed by atoms with Gasteiger partial charge in [-0.05, 0) is 13.0 Å². The van der Waals surface area contributed by atoms with Crippen molar-refractivity contribution in [2.24, 2.45) is 0 Å². The minimum absolute atomic E-state index is 0.171. The van der Waals surface area contributed by atoms with Crippen molar-refractivity contribution in [1.29, 1.82) is 0 Å². The van der Waals surface area contributed by atoms with E-state index in [-0.39, 0.29) is 6.79 Å². The molecule has 6 nitrogen and oxygen atoms in total. The van der Waals surface area contributed by atoms with Gasteiger partial charge in [-0.1, -0.05) is 13.8 Å². The summed E-state index contributed by atoms with van der Waals surface area (Å²) >= 11 is 0. The summed E-state index contributed by atoms with van der Waals surface area (Å²) in [5.74, 6) is 0.717. The molecule has 0 aromatic heterocycles. The van der Waals surface area contributed by atoms with E-state index in [0.717, 1.165) is 5.56 Å². The summed E-state index contributed by atoms with van der Waals surface area (Å²) in [7, 11) is 0. The molecule has 20 heavy (non-hydrogen) atoms. The molecule has 1 unspecified atom stereocenters. The van der Waals surface area contributed by atoms with Crippen LogP contribution in [-0.2, 0) is 11.3 Å². The van der Waals surface area contributed by atoms with Gasteiger partial charge in [0.25, 0.3) is 0 Å². The van der Waals surface area contributed by atoms with Gasteiger partial charge >= 0.3 is 5.97 Å². The topological polar surface area (TPSA) is 77.0 Å². The Hall–Kier alpha value is -1.95. The molecule has 1 aliphatic rings. The van der Waals surface area contributed by atoms with Crippen LogP contribution in [0.25, 0.3) is 0 Å². The number of nitrogens with one attached hydrogen (secondary N) is 1. The highest BCUT2D eigenvalue weighted by atomic mass is 16.7. The van der Waals surface area contributed by atoms with Crippen LogP contribution in [0.4, 0.5) is 0 Å². The first-order valence-corrected chi connectivity index (χ1v) is 6.52. The second-order valence-electron chi connectivity index (χ2n) is 4.95. The van der Waals surface area contributed by atoms with E-state index in [1.165, 1.54) is 6.92 Å². The molecule has 2 rings (SSSR count). The Balaban J connectivity index is 2.24. The quantitative estimate of drug-likeness (QED) is 0.827. The first-order valence-electron chi connectivity index (χ1n) is 6.52. The Kier molecular flexibility index (Phi) is 4.34. The number of ether oxygens (including phenoxy) is 3. The van der Waals surface area contributed by atoms with Gasteiger partial charge in [0, 0.05) is 24.2 Å². The van der Waals surface area contributed by atoms with Gasteiger partial charge in [-0.15, -0.1) is 0 Å². The third-order valence-corrected chi connectivity index (χ3v) is 2.91. The van der Waals surface area contributed by atoms with Crippen molar-refractivity contribution in [2.45, 2.75) is 39.5 Å². The molecular weight excluding hydrogens is 262 g/mol. The number of aliphatic carboxylic acids is 1. The van der Waals surface area contributed by atoms with E-state index >= 15 is 0 Å². The van der Waals surface area contributed by atoms with Crippen molar-refractivity contribution in [3.8, 4) is 17.2 Å². The largest absolute Gasteiger partial charge is 0.479 e. The third-order valence-electron chi connectivity index (χ3n) is 2.91. The molecule has 0 fully saturated rings. The van der Waals surface area contributed by atoms with E-state index in [1.807, 2.05) is 19.9 Å². The molecule has 0 aliphatic carbocycles. The van der Waals surface area contributed by atoms with Crippen LogP contribution < -0.4 is 19.5 Å². The van der Waals surface area contributed by atoms with Gasteiger partial charge in [0.2, 0.25) is 6.79 Å². The fourth-order valence-electron chi connectivity index (χ4n) is 1.77. The highest BCUT2D eigenvalue weighted by Gasteiger charge is 2.21. The number of carboxylic acid groups (broad SMARTS) is 1. The molecule has 6 heteroatoms. The Labute approximate surface area is 117 Å². The molecule has 0 spiro atoms. The van der Waals surface area contributed by atoms with Crippen LogP contribution in [0.3, 0.4) is 0 Å². The number of hydrogen-bond donors (Lipinski definition) is 2. The Morgan fingerprint density at radius 2 is 2.00 bits per heavy atom. The first-order chi connectivity index (χ1) is 9.47. The maximum absolute atomic E-state index is 10.9. The minimum atomic E-state index is -1.01. The van der Waals surface area contributed by atoms with E-state index in [0.29, 0.717) is 29.8 Å². The molecule has 1 aliphatic heterocycles. The summed E-state index contributed by atoms with van der Waals surface area (Å²) in [6, 6.07) is 3.81. The molecule has 0 saturated carbocycles. The number of fused-ring (bicyclic) bond motifs is 1. The fourth-order valence-corrected chi connectivity index (χ4v) is 1.77. The highest BCUT2D eigenvalue weighted by molar-refractivity contribution is 5.72. The monoisotopic (exact) mass is 281 g/mol. The van der Waals surface area contributed by atoms with E-state index < -0.39 is 12.1 Å². The Morgan fingerprint density at radius 3 is 2.60 bits per heavy atom. The molecule has 1 aromatic rings. The molecular formula is C14H19NO5. The number of carbonyl (C=O) groups is 1. The predicted molar refractivity (Wildman–Crippen MR) is 72.3 cm³/mol. The number of benzene rings is 1. The van der Waals surface area contributed by atoms with Crippen LogP contribution in [0.15, 0.2) is 12.1 Å². The number of rotatable bonds is 6. The maximum atomic E-state index is 10.9. The average molecular weight is 281 g/mol. The smallest absolute Gasteiger partial charge is 0.344 e. The summed E-state index contributed by atoms with van der Waals surface area (Å²) in [5.41, 5.74) is 0.844. The first kappa shape index (κ1) is 14.5. The van der Waals surface area contributed by atoms with Crippen molar-refractivity contribution < 1.29 is 24.1 Å². The lowest BCUT2D eigenvalue weighted by molar-refractivity contribution is -0.144. The van der Waals surface area contributed by atoms with Gasteiger partial charge in [-0.2, -0.15) is 0 Å². The van der Waals surface area contributed by atoms with Crippen LogP contribution in [-0.4, -0.2) is 30.0 Å². The van der Waals surface area contributed by atoms with Gasteiger partial charge in [-0.25, -0.2) is 4.79 Å². The summed E-state index contributed by atoms with van der Waals surface area (Å²) in [6.07, 6.45) is -0.923. The zero-order valence-electron chi connectivity index (χ0n) is 11.8. The van der Waals surface area contributed by atoms with Crippen molar-refractivity contribution >= 4 is 5.97 Å². The van der Waals surface area contributed by atoms with Crippen molar-refractivity contribution in [3.63, 3.8) is 0 Å². The van der Waals surface area contributed by atoms with Crippen molar-refractivity contribution in [3.05, 3.63) is 17.7 Å². The molecule has 2 N–H and O–H groups in total. The van der Waals surface area contributed by atoms with Crippen LogP contribution >= 0.6 is 0 Å². The summed E-state index contributed by atoms with van der Waals surface area (Å²) < 4.78 is 16.1. The van der Waals surface area contributed by atoms with E-state index in [1.54, 1.807) is 6.07 Å². The standard InChI is InChI=1S/C14H19NO5/c1-8(2)15-6-10-4-12-13(19-7-18-12)5-11(10)20-9(3)14(16)17/h4-5,8-9,15H,6-7H2,1-3H3,(H,16,17). The molecule has 0 amide bonds. The molecule has 1 atom stereocenters. The summed E-state index contributed by atoms with van der Waals surface area (Å²) in [4.78, 5) is 10.9. The van der Waals surface area contributed by atoms with Gasteiger partial charge in [-0.3, -0.25) is 0 Å². The lowest BCUT2D eigenvalue weighted by Gasteiger charge is -2.16. The normalized spacial score (nSPS) is 14.4. The molecule has 0 radical (unpaired) electrons. The zero-order valence-corrected chi connectivity index (χ0v) is 11.8.